The molecule has 1 aliphatic heterocycles. The Morgan fingerprint density at radius 1 is 1.12 bits per heavy atom. The van der Waals surface area contributed by atoms with Crippen molar-refractivity contribution in [2.45, 2.75) is 45.6 Å². The van der Waals surface area contributed by atoms with Crippen molar-refractivity contribution in [1.82, 2.24) is 10.3 Å². The minimum Gasteiger partial charge on any atom is -0.372 e. The van der Waals surface area contributed by atoms with Crippen molar-refractivity contribution < 1.29 is 4.79 Å². The number of pyridine rings is 1. The summed E-state index contributed by atoms with van der Waals surface area (Å²) in [4.78, 5) is 18.9. The highest BCUT2D eigenvalue weighted by Gasteiger charge is 2.11. The largest absolute Gasteiger partial charge is 0.372 e. The lowest BCUT2D eigenvalue weighted by Crippen LogP contribution is -2.31. The number of nitrogens with one attached hydrogen (secondary N) is 2. The van der Waals surface area contributed by atoms with Gasteiger partial charge in [0.05, 0.1) is 5.56 Å². The molecule has 1 aromatic carbocycles. The van der Waals surface area contributed by atoms with E-state index in [0.29, 0.717) is 5.56 Å². The molecule has 2 N–H and O–H groups in total. The third-order valence-electron chi connectivity index (χ3n) is 4.88. The number of carbonyl (C=O) groups excluding carboxylic acids is 1. The average Bonchev–Trinajstić information content (AvgIpc) is 2.69. The Morgan fingerprint density at radius 2 is 1.85 bits per heavy atom. The first-order valence-corrected chi connectivity index (χ1v) is 9.54. The minimum absolute atomic E-state index is 0.0794. The summed E-state index contributed by atoms with van der Waals surface area (Å²) in [6, 6.07) is 12.3. The standard InChI is InChI=1S/C21H28N4O/c1-3-16(2)23-21(26)17-7-12-20(22-15-17)24-18-8-10-19(11-9-18)25-13-5-4-6-14-25/h7-12,15-16H,3-6,13-14H2,1-2H3,(H,22,24)(H,23,26). The van der Waals surface area contributed by atoms with Crippen LogP contribution in [0.3, 0.4) is 0 Å². The van der Waals surface area contributed by atoms with Crippen LogP contribution in [-0.4, -0.2) is 30.0 Å². The highest BCUT2D eigenvalue weighted by molar-refractivity contribution is 5.94. The molecule has 0 aliphatic carbocycles. The van der Waals surface area contributed by atoms with E-state index in [0.717, 1.165) is 31.0 Å². The molecular formula is C21H28N4O. The predicted octanol–water partition coefficient (Wildman–Crippen LogP) is 4.34. The molecule has 5 heteroatoms. The van der Waals surface area contributed by atoms with Crippen molar-refractivity contribution in [1.29, 1.82) is 0 Å². The topological polar surface area (TPSA) is 57.3 Å². The molecule has 2 heterocycles. The number of benzene rings is 1. The van der Waals surface area contributed by atoms with Crippen molar-refractivity contribution in [2.24, 2.45) is 0 Å². The van der Waals surface area contributed by atoms with Crippen LogP contribution in [0.4, 0.5) is 17.2 Å². The molecule has 1 unspecified atom stereocenters. The Balaban J connectivity index is 1.59. The van der Waals surface area contributed by atoms with E-state index in [2.05, 4.69) is 44.8 Å². The maximum atomic E-state index is 12.1. The first kappa shape index (κ1) is 18.2. The second-order valence-electron chi connectivity index (χ2n) is 6.93. The maximum absolute atomic E-state index is 12.1. The zero-order valence-corrected chi connectivity index (χ0v) is 15.7. The molecule has 1 aromatic heterocycles. The van der Waals surface area contributed by atoms with Gasteiger partial charge < -0.3 is 15.5 Å². The van der Waals surface area contributed by atoms with Crippen LogP contribution in [0.25, 0.3) is 0 Å². The van der Waals surface area contributed by atoms with E-state index in [1.165, 1.54) is 24.9 Å². The maximum Gasteiger partial charge on any atom is 0.253 e. The monoisotopic (exact) mass is 352 g/mol. The normalized spacial score (nSPS) is 15.4. The van der Waals surface area contributed by atoms with E-state index in [1.54, 1.807) is 12.3 Å². The van der Waals surface area contributed by atoms with Crippen LogP contribution >= 0.6 is 0 Å². The summed E-state index contributed by atoms with van der Waals surface area (Å²) in [5.74, 6) is 0.653. The summed E-state index contributed by atoms with van der Waals surface area (Å²) in [7, 11) is 0. The Hall–Kier alpha value is -2.56. The molecule has 1 saturated heterocycles. The van der Waals surface area contributed by atoms with Gasteiger partial charge in [0, 0.05) is 36.7 Å². The van der Waals surface area contributed by atoms with Gasteiger partial charge >= 0.3 is 0 Å². The number of hydrogen-bond acceptors (Lipinski definition) is 4. The number of rotatable bonds is 6. The van der Waals surface area contributed by atoms with Gasteiger partial charge in [-0.05, 0) is 69.0 Å². The molecule has 1 atom stereocenters. The summed E-state index contributed by atoms with van der Waals surface area (Å²) in [6.07, 6.45) is 6.42. The van der Waals surface area contributed by atoms with E-state index in [9.17, 15) is 4.79 Å². The first-order valence-electron chi connectivity index (χ1n) is 9.54. The molecule has 3 rings (SSSR count). The van der Waals surface area contributed by atoms with E-state index in [-0.39, 0.29) is 11.9 Å². The number of hydrogen-bond donors (Lipinski definition) is 2. The second-order valence-corrected chi connectivity index (χ2v) is 6.93. The molecule has 0 bridgehead atoms. The Bertz CT molecular complexity index is 706. The van der Waals surface area contributed by atoms with E-state index < -0.39 is 0 Å². The summed E-state index contributed by atoms with van der Waals surface area (Å²) in [5, 5.41) is 6.24. The van der Waals surface area contributed by atoms with Gasteiger partial charge in [-0.1, -0.05) is 6.92 Å². The summed E-state index contributed by atoms with van der Waals surface area (Å²) < 4.78 is 0. The van der Waals surface area contributed by atoms with Gasteiger partial charge in [-0.3, -0.25) is 4.79 Å². The zero-order valence-electron chi connectivity index (χ0n) is 15.7. The number of piperidine rings is 1. The van der Waals surface area contributed by atoms with Crippen LogP contribution in [0.1, 0.15) is 49.9 Å². The van der Waals surface area contributed by atoms with E-state index in [4.69, 9.17) is 0 Å². The molecule has 0 radical (unpaired) electrons. The highest BCUT2D eigenvalue weighted by Crippen LogP contribution is 2.23. The van der Waals surface area contributed by atoms with Crippen molar-refractivity contribution in [3.8, 4) is 0 Å². The highest BCUT2D eigenvalue weighted by atomic mass is 16.1. The first-order chi connectivity index (χ1) is 12.7. The number of amides is 1. The third kappa shape index (κ3) is 4.75. The number of aromatic nitrogens is 1. The van der Waals surface area contributed by atoms with Gasteiger partial charge in [0.2, 0.25) is 0 Å². The quantitative estimate of drug-likeness (QED) is 0.812. The van der Waals surface area contributed by atoms with Gasteiger partial charge in [0.1, 0.15) is 5.82 Å². The van der Waals surface area contributed by atoms with E-state index in [1.807, 2.05) is 19.9 Å². The molecule has 1 amide bonds. The molecule has 138 valence electrons. The molecule has 1 aliphatic rings. The van der Waals surface area contributed by atoms with Crippen molar-refractivity contribution in [2.75, 3.05) is 23.3 Å². The van der Waals surface area contributed by atoms with E-state index >= 15 is 0 Å². The molecule has 26 heavy (non-hydrogen) atoms. The molecule has 2 aromatic rings. The SMILES string of the molecule is CCC(C)NC(=O)c1ccc(Nc2ccc(N3CCCCC3)cc2)nc1. The predicted molar refractivity (Wildman–Crippen MR) is 107 cm³/mol. The fraction of sp³-hybridized carbons (Fsp3) is 0.429. The van der Waals surface area contributed by atoms with Crippen LogP contribution < -0.4 is 15.5 Å². The number of carbonyl (C=O) groups is 1. The molecule has 1 fully saturated rings. The lowest BCUT2D eigenvalue weighted by Gasteiger charge is -2.28. The minimum atomic E-state index is -0.0794. The van der Waals surface area contributed by atoms with Crippen LogP contribution in [0.2, 0.25) is 0 Å². The second kappa shape index (κ2) is 8.70. The molecule has 5 nitrogen and oxygen atoms in total. The van der Waals surface area contributed by atoms with Gasteiger partial charge in [0.15, 0.2) is 0 Å². The number of anilines is 3. The summed E-state index contributed by atoms with van der Waals surface area (Å²) >= 11 is 0. The van der Waals surface area contributed by atoms with Gasteiger partial charge in [-0.25, -0.2) is 4.98 Å². The van der Waals surface area contributed by atoms with Crippen LogP contribution in [0.15, 0.2) is 42.6 Å². The summed E-state index contributed by atoms with van der Waals surface area (Å²) in [5.41, 5.74) is 2.85. The van der Waals surface area contributed by atoms with Crippen LogP contribution in [-0.2, 0) is 0 Å². The summed E-state index contributed by atoms with van der Waals surface area (Å²) in [6.45, 7) is 6.34. The fourth-order valence-electron chi connectivity index (χ4n) is 3.07. The lowest BCUT2D eigenvalue weighted by atomic mass is 10.1. The number of nitrogens with zero attached hydrogens (tertiary/aromatic N) is 2. The Kier molecular flexibility index (Phi) is 6.10. The molecule has 0 spiro atoms. The van der Waals surface area contributed by atoms with Crippen LogP contribution in [0.5, 0.6) is 0 Å². The lowest BCUT2D eigenvalue weighted by molar-refractivity contribution is 0.0939. The van der Waals surface area contributed by atoms with Gasteiger partial charge in [-0.15, -0.1) is 0 Å². The van der Waals surface area contributed by atoms with Crippen LogP contribution in [0, 0.1) is 0 Å². The molecule has 0 saturated carbocycles. The zero-order chi connectivity index (χ0) is 18.4. The smallest absolute Gasteiger partial charge is 0.253 e. The van der Waals surface area contributed by atoms with Crippen molar-refractivity contribution in [3.63, 3.8) is 0 Å². The van der Waals surface area contributed by atoms with Crippen molar-refractivity contribution >= 4 is 23.1 Å². The molecular weight excluding hydrogens is 324 g/mol. The average molecular weight is 352 g/mol. The van der Waals surface area contributed by atoms with Crippen molar-refractivity contribution in [3.05, 3.63) is 48.2 Å². The van der Waals surface area contributed by atoms with Gasteiger partial charge in [0.25, 0.3) is 5.91 Å². The third-order valence-corrected chi connectivity index (χ3v) is 4.88. The Labute approximate surface area is 155 Å². The van der Waals surface area contributed by atoms with Gasteiger partial charge in [-0.2, -0.15) is 0 Å². The Morgan fingerprint density at radius 3 is 2.46 bits per heavy atom. The fourth-order valence-corrected chi connectivity index (χ4v) is 3.07.